The third-order valence-electron chi connectivity index (χ3n) is 3.54. The van der Waals surface area contributed by atoms with Crippen molar-refractivity contribution in [1.29, 1.82) is 0 Å². The number of hydrogen-bond donors (Lipinski definition) is 2. The fraction of sp³-hybridized carbons (Fsp3) is 0.500. The number of ether oxygens (including phenoxy) is 1. The van der Waals surface area contributed by atoms with Gasteiger partial charge in [0.05, 0.1) is 6.61 Å². The van der Waals surface area contributed by atoms with Gasteiger partial charge in [-0.15, -0.1) is 0 Å². The monoisotopic (exact) mass is 264 g/mol. The van der Waals surface area contributed by atoms with Crippen LogP contribution in [0.25, 0.3) is 0 Å². The second kappa shape index (κ2) is 5.19. The van der Waals surface area contributed by atoms with Crippen molar-refractivity contribution >= 4 is 11.6 Å². The number of nitrogens with zero attached hydrogens (tertiary/aromatic N) is 1. The minimum atomic E-state index is -1.09. The highest BCUT2D eigenvalue weighted by molar-refractivity contribution is 5.93. The van der Waals surface area contributed by atoms with E-state index in [9.17, 15) is 9.90 Å². The molecule has 1 atom stereocenters. The van der Waals surface area contributed by atoms with E-state index in [0.29, 0.717) is 30.9 Å². The second-order valence-electron chi connectivity index (χ2n) is 4.77. The van der Waals surface area contributed by atoms with Crippen LogP contribution in [-0.4, -0.2) is 30.7 Å². The molecule has 0 saturated heterocycles. The molecule has 1 aliphatic heterocycles. The highest BCUT2D eigenvalue weighted by atomic mass is 16.5. The summed E-state index contributed by atoms with van der Waals surface area (Å²) in [4.78, 5) is 13.3. The molecule has 0 spiro atoms. The summed E-state index contributed by atoms with van der Waals surface area (Å²) in [5.74, 6) is 0.642. The van der Waals surface area contributed by atoms with Crippen LogP contribution in [0.3, 0.4) is 0 Å². The van der Waals surface area contributed by atoms with E-state index in [0.717, 1.165) is 5.69 Å². The predicted molar refractivity (Wildman–Crippen MR) is 73.2 cm³/mol. The fourth-order valence-corrected chi connectivity index (χ4v) is 2.47. The van der Waals surface area contributed by atoms with Gasteiger partial charge in [-0.3, -0.25) is 4.79 Å². The van der Waals surface area contributed by atoms with Gasteiger partial charge in [-0.25, -0.2) is 0 Å². The molecule has 0 fully saturated rings. The molecule has 0 saturated carbocycles. The molecule has 2 rings (SSSR count). The van der Waals surface area contributed by atoms with Crippen LogP contribution >= 0.6 is 0 Å². The average Bonchev–Trinajstić information content (AvgIpc) is 2.39. The van der Waals surface area contributed by atoms with Crippen LogP contribution < -0.4 is 15.4 Å². The summed E-state index contributed by atoms with van der Waals surface area (Å²) in [6.45, 7) is 4.57. The van der Waals surface area contributed by atoms with E-state index in [1.807, 2.05) is 13.0 Å². The average molecular weight is 264 g/mol. The molecule has 3 N–H and O–H groups in total. The number of benzene rings is 1. The SMILES string of the molecule is CCOc1ccc2c(c1)C(O)(CN)CCN2C(C)=O. The van der Waals surface area contributed by atoms with E-state index < -0.39 is 5.60 Å². The van der Waals surface area contributed by atoms with E-state index in [-0.39, 0.29) is 12.5 Å². The van der Waals surface area contributed by atoms with Crippen molar-refractivity contribution in [3.8, 4) is 5.75 Å². The lowest BCUT2D eigenvalue weighted by molar-refractivity contribution is -0.117. The van der Waals surface area contributed by atoms with Gasteiger partial charge in [-0.05, 0) is 31.5 Å². The molecule has 0 bridgehead atoms. The maximum atomic E-state index is 11.7. The van der Waals surface area contributed by atoms with Crippen molar-refractivity contribution in [3.05, 3.63) is 23.8 Å². The van der Waals surface area contributed by atoms with Crippen LogP contribution in [0.15, 0.2) is 18.2 Å². The van der Waals surface area contributed by atoms with Crippen molar-refractivity contribution in [2.45, 2.75) is 25.9 Å². The number of carbonyl (C=O) groups is 1. The number of aliphatic hydroxyl groups is 1. The maximum absolute atomic E-state index is 11.7. The normalized spacial score (nSPS) is 22.0. The Morgan fingerprint density at radius 2 is 2.32 bits per heavy atom. The van der Waals surface area contributed by atoms with Gasteiger partial charge < -0.3 is 20.5 Å². The predicted octanol–water partition coefficient (Wildman–Crippen LogP) is 0.988. The molecule has 1 aliphatic rings. The number of carbonyl (C=O) groups excluding carboxylic acids is 1. The van der Waals surface area contributed by atoms with Gasteiger partial charge in [0.2, 0.25) is 5.91 Å². The Bertz CT molecular complexity index is 490. The molecular formula is C14H20N2O3. The largest absolute Gasteiger partial charge is 0.494 e. The molecule has 1 unspecified atom stereocenters. The molecule has 0 radical (unpaired) electrons. The molecule has 104 valence electrons. The Balaban J connectivity index is 2.51. The first kappa shape index (κ1) is 13.8. The quantitative estimate of drug-likeness (QED) is 0.853. The summed E-state index contributed by atoms with van der Waals surface area (Å²) in [6.07, 6.45) is 0.436. The minimum absolute atomic E-state index is 0.0375. The number of fused-ring (bicyclic) bond motifs is 1. The van der Waals surface area contributed by atoms with E-state index in [2.05, 4.69) is 0 Å². The fourth-order valence-electron chi connectivity index (χ4n) is 2.47. The van der Waals surface area contributed by atoms with Crippen molar-refractivity contribution in [2.75, 3.05) is 24.6 Å². The van der Waals surface area contributed by atoms with Crippen molar-refractivity contribution < 1.29 is 14.6 Å². The Labute approximate surface area is 113 Å². The van der Waals surface area contributed by atoms with Crippen LogP contribution in [0.5, 0.6) is 5.75 Å². The zero-order valence-corrected chi connectivity index (χ0v) is 11.3. The summed E-state index contributed by atoms with van der Waals surface area (Å²) in [7, 11) is 0. The Morgan fingerprint density at radius 3 is 2.89 bits per heavy atom. The van der Waals surface area contributed by atoms with Gasteiger partial charge in [0.25, 0.3) is 0 Å². The van der Waals surface area contributed by atoms with Crippen LogP contribution in [0.4, 0.5) is 5.69 Å². The molecule has 5 nitrogen and oxygen atoms in total. The lowest BCUT2D eigenvalue weighted by Crippen LogP contribution is -2.46. The van der Waals surface area contributed by atoms with Gasteiger partial charge in [0.15, 0.2) is 0 Å². The number of hydrogen-bond acceptors (Lipinski definition) is 4. The van der Waals surface area contributed by atoms with Crippen LogP contribution in [-0.2, 0) is 10.4 Å². The Hall–Kier alpha value is -1.59. The molecule has 19 heavy (non-hydrogen) atoms. The summed E-state index contributed by atoms with van der Waals surface area (Å²) in [6, 6.07) is 5.39. The third-order valence-corrected chi connectivity index (χ3v) is 3.54. The first-order valence-corrected chi connectivity index (χ1v) is 6.49. The van der Waals surface area contributed by atoms with Crippen LogP contribution in [0.1, 0.15) is 25.8 Å². The van der Waals surface area contributed by atoms with E-state index in [4.69, 9.17) is 10.5 Å². The smallest absolute Gasteiger partial charge is 0.223 e. The number of nitrogens with two attached hydrogens (primary N) is 1. The number of amides is 1. The molecular weight excluding hydrogens is 244 g/mol. The lowest BCUT2D eigenvalue weighted by Gasteiger charge is -2.39. The van der Waals surface area contributed by atoms with Gasteiger partial charge in [-0.1, -0.05) is 0 Å². The van der Waals surface area contributed by atoms with Crippen molar-refractivity contribution in [2.24, 2.45) is 5.73 Å². The van der Waals surface area contributed by atoms with E-state index in [1.54, 1.807) is 17.0 Å². The first-order chi connectivity index (χ1) is 9.01. The van der Waals surface area contributed by atoms with Crippen LogP contribution in [0, 0.1) is 0 Å². The lowest BCUT2D eigenvalue weighted by atomic mass is 9.85. The van der Waals surface area contributed by atoms with Gasteiger partial charge in [-0.2, -0.15) is 0 Å². The highest BCUT2D eigenvalue weighted by Gasteiger charge is 2.37. The zero-order valence-electron chi connectivity index (χ0n) is 11.3. The summed E-state index contributed by atoms with van der Waals surface area (Å²) < 4.78 is 5.45. The van der Waals surface area contributed by atoms with Gasteiger partial charge >= 0.3 is 0 Å². The standard InChI is InChI=1S/C14H20N2O3/c1-3-19-11-4-5-13-12(8-11)14(18,9-15)6-7-16(13)10(2)17/h4-5,8,18H,3,6-7,9,15H2,1-2H3. The summed E-state index contributed by atoms with van der Waals surface area (Å²) in [5, 5.41) is 10.6. The molecule has 0 aromatic heterocycles. The molecule has 1 aromatic rings. The topological polar surface area (TPSA) is 75.8 Å². The number of rotatable bonds is 3. The van der Waals surface area contributed by atoms with Gasteiger partial charge in [0, 0.05) is 31.3 Å². The zero-order chi connectivity index (χ0) is 14.0. The second-order valence-corrected chi connectivity index (χ2v) is 4.77. The first-order valence-electron chi connectivity index (χ1n) is 6.49. The molecule has 5 heteroatoms. The van der Waals surface area contributed by atoms with Gasteiger partial charge in [0.1, 0.15) is 11.4 Å². The van der Waals surface area contributed by atoms with Crippen molar-refractivity contribution in [1.82, 2.24) is 0 Å². The summed E-state index contributed by atoms with van der Waals surface area (Å²) in [5.41, 5.74) is 6.00. The molecule has 1 amide bonds. The number of anilines is 1. The molecule has 1 heterocycles. The highest BCUT2D eigenvalue weighted by Crippen LogP contribution is 2.39. The van der Waals surface area contributed by atoms with Crippen molar-refractivity contribution in [3.63, 3.8) is 0 Å². The molecule has 1 aromatic carbocycles. The van der Waals surface area contributed by atoms with Crippen LogP contribution in [0.2, 0.25) is 0 Å². The third kappa shape index (κ3) is 2.43. The van der Waals surface area contributed by atoms with E-state index >= 15 is 0 Å². The Morgan fingerprint density at radius 1 is 1.58 bits per heavy atom. The molecule has 0 aliphatic carbocycles. The summed E-state index contributed by atoms with van der Waals surface area (Å²) >= 11 is 0. The maximum Gasteiger partial charge on any atom is 0.223 e. The minimum Gasteiger partial charge on any atom is -0.494 e. The van der Waals surface area contributed by atoms with E-state index in [1.165, 1.54) is 6.92 Å². The Kier molecular flexibility index (Phi) is 3.78.